The van der Waals surface area contributed by atoms with Crippen molar-refractivity contribution in [1.82, 2.24) is 0 Å². The fourth-order valence-electron chi connectivity index (χ4n) is 2.35. The molecule has 3 heteroatoms. The highest BCUT2D eigenvalue weighted by Gasteiger charge is 2.20. The van der Waals surface area contributed by atoms with Gasteiger partial charge in [0.25, 0.3) is 0 Å². The summed E-state index contributed by atoms with van der Waals surface area (Å²) in [6.07, 6.45) is 8.14. The maximum absolute atomic E-state index is 6.47. The summed E-state index contributed by atoms with van der Waals surface area (Å²) in [5, 5.41) is 2.32. The minimum atomic E-state index is 0.211. The highest BCUT2D eigenvalue weighted by molar-refractivity contribution is 9.10. The van der Waals surface area contributed by atoms with E-state index < -0.39 is 0 Å². The predicted molar refractivity (Wildman–Crippen MR) is 71.8 cm³/mol. The number of hydrogen-bond acceptors (Lipinski definition) is 1. The van der Waals surface area contributed by atoms with E-state index in [0.717, 1.165) is 12.3 Å². The van der Waals surface area contributed by atoms with Crippen LogP contribution in [-0.2, 0) is 0 Å². The minimum absolute atomic E-state index is 0.211. The molecule has 1 atom stereocenters. The van der Waals surface area contributed by atoms with E-state index in [1.54, 1.807) is 11.3 Å². The van der Waals surface area contributed by atoms with E-state index in [0.29, 0.717) is 0 Å². The van der Waals surface area contributed by atoms with Crippen LogP contribution in [0.3, 0.4) is 0 Å². The Hall–Kier alpha value is 0.470. The molecule has 0 aromatic carbocycles. The Labute approximate surface area is 109 Å². The first-order valence-electron chi connectivity index (χ1n) is 5.64. The van der Waals surface area contributed by atoms with Crippen molar-refractivity contribution >= 4 is 38.9 Å². The lowest BCUT2D eigenvalue weighted by Gasteiger charge is -2.23. The fourth-order valence-corrected chi connectivity index (χ4v) is 4.65. The molecular weight excluding hydrogens is 292 g/mol. The zero-order valence-electron chi connectivity index (χ0n) is 8.72. The second-order valence-corrected chi connectivity index (χ2v) is 6.67. The molecule has 0 N–H and O–H groups in total. The monoisotopic (exact) mass is 306 g/mol. The molecular formula is C12H16BrClS. The Balaban J connectivity index is 1.91. The number of thiophene rings is 1. The number of halogens is 2. The largest absolute Gasteiger partial charge is 0.146 e. The first-order chi connectivity index (χ1) is 7.27. The standard InChI is InChI=1S/C12H16BrClS/c13-10-6-7-15-12(10)11(14)8-9-4-2-1-3-5-9/h6-7,9,11H,1-5,8H2. The number of hydrogen-bond donors (Lipinski definition) is 0. The van der Waals surface area contributed by atoms with Crippen LogP contribution in [0, 0.1) is 5.92 Å². The Morgan fingerprint density at radius 1 is 1.40 bits per heavy atom. The van der Waals surface area contributed by atoms with Gasteiger partial charge >= 0.3 is 0 Å². The van der Waals surface area contributed by atoms with Crippen molar-refractivity contribution in [1.29, 1.82) is 0 Å². The van der Waals surface area contributed by atoms with E-state index in [2.05, 4.69) is 27.4 Å². The van der Waals surface area contributed by atoms with Crippen molar-refractivity contribution in [2.75, 3.05) is 0 Å². The summed E-state index contributed by atoms with van der Waals surface area (Å²) in [6.45, 7) is 0. The van der Waals surface area contributed by atoms with E-state index in [4.69, 9.17) is 11.6 Å². The molecule has 1 unspecified atom stereocenters. The van der Waals surface area contributed by atoms with Gasteiger partial charge in [-0.15, -0.1) is 22.9 Å². The van der Waals surface area contributed by atoms with Gasteiger partial charge in [-0.05, 0) is 39.7 Å². The van der Waals surface area contributed by atoms with Crippen molar-refractivity contribution in [2.45, 2.75) is 43.9 Å². The molecule has 0 nitrogen and oxygen atoms in total. The van der Waals surface area contributed by atoms with E-state index in [1.165, 1.54) is 41.5 Å². The first-order valence-corrected chi connectivity index (χ1v) is 7.75. The molecule has 0 amide bonds. The summed E-state index contributed by atoms with van der Waals surface area (Å²) < 4.78 is 1.18. The molecule has 1 fully saturated rings. The Morgan fingerprint density at radius 3 is 2.73 bits per heavy atom. The third-order valence-electron chi connectivity index (χ3n) is 3.19. The maximum Gasteiger partial charge on any atom is 0.0692 e. The van der Waals surface area contributed by atoms with E-state index in [9.17, 15) is 0 Å². The highest BCUT2D eigenvalue weighted by atomic mass is 79.9. The molecule has 1 aliphatic carbocycles. The molecule has 1 saturated carbocycles. The molecule has 84 valence electrons. The summed E-state index contributed by atoms with van der Waals surface area (Å²) in [5.74, 6) is 0.857. The van der Waals surface area contributed by atoms with Crippen LogP contribution in [-0.4, -0.2) is 0 Å². The van der Waals surface area contributed by atoms with Crippen LogP contribution < -0.4 is 0 Å². The van der Waals surface area contributed by atoms with E-state index in [1.807, 2.05) is 0 Å². The van der Waals surface area contributed by atoms with Gasteiger partial charge < -0.3 is 0 Å². The van der Waals surface area contributed by atoms with Crippen LogP contribution in [0.2, 0.25) is 0 Å². The van der Waals surface area contributed by atoms with Crippen molar-refractivity contribution in [3.05, 3.63) is 20.8 Å². The molecule has 0 saturated heterocycles. The second-order valence-electron chi connectivity index (χ2n) is 4.34. The SMILES string of the molecule is ClC(CC1CCCCC1)c1sccc1Br. The van der Waals surface area contributed by atoms with Gasteiger partial charge in [0.2, 0.25) is 0 Å². The molecule has 0 bridgehead atoms. The van der Waals surface area contributed by atoms with Crippen LogP contribution in [0.4, 0.5) is 0 Å². The van der Waals surface area contributed by atoms with Gasteiger partial charge in [-0.2, -0.15) is 0 Å². The normalized spacial score (nSPS) is 20.4. The van der Waals surface area contributed by atoms with Crippen molar-refractivity contribution in [3.63, 3.8) is 0 Å². The van der Waals surface area contributed by atoms with Crippen molar-refractivity contribution in [3.8, 4) is 0 Å². The minimum Gasteiger partial charge on any atom is -0.146 e. The summed E-state index contributed by atoms with van der Waals surface area (Å²) in [7, 11) is 0. The molecule has 0 spiro atoms. The lowest BCUT2D eigenvalue weighted by Crippen LogP contribution is -2.08. The van der Waals surface area contributed by atoms with Gasteiger partial charge in [-0.25, -0.2) is 0 Å². The van der Waals surface area contributed by atoms with Crippen LogP contribution >= 0.6 is 38.9 Å². The van der Waals surface area contributed by atoms with Gasteiger partial charge in [0.05, 0.1) is 5.38 Å². The topological polar surface area (TPSA) is 0 Å². The zero-order chi connectivity index (χ0) is 10.7. The molecule has 1 aromatic rings. The Bertz CT molecular complexity index is 304. The predicted octanol–water partition coefficient (Wildman–Crippen LogP) is 5.76. The average Bonchev–Trinajstić information content (AvgIpc) is 2.66. The van der Waals surface area contributed by atoms with Crippen LogP contribution in [0.1, 0.15) is 48.8 Å². The van der Waals surface area contributed by atoms with Crippen LogP contribution in [0.5, 0.6) is 0 Å². The number of rotatable bonds is 3. The van der Waals surface area contributed by atoms with Crippen LogP contribution in [0.15, 0.2) is 15.9 Å². The molecule has 0 aliphatic heterocycles. The molecule has 2 rings (SSSR count). The smallest absolute Gasteiger partial charge is 0.0692 e. The Kier molecular flexibility index (Phi) is 4.53. The number of alkyl halides is 1. The van der Waals surface area contributed by atoms with Gasteiger partial charge in [0.1, 0.15) is 0 Å². The lowest BCUT2D eigenvalue weighted by atomic mass is 9.86. The fraction of sp³-hybridized carbons (Fsp3) is 0.667. The second kappa shape index (κ2) is 5.70. The molecule has 1 heterocycles. The molecule has 15 heavy (non-hydrogen) atoms. The zero-order valence-corrected chi connectivity index (χ0v) is 11.9. The maximum atomic E-state index is 6.47. The van der Waals surface area contributed by atoms with E-state index >= 15 is 0 Å². The summed E-state index contributed by atoms with van der Waals surface area (Å²) in [4.78, 5) is 1.31. The molecule has 1 aromatic heterocycles. The average molecular weight is 308 g/mol. The Morgan fingerprint density at radius 2 is 2.13 bits per heavy atom. The van der Waals surface area contributed by atoms with Gasteiger partial charge in [-0.3, -0.25) is 0 Å². The quantitative estimate of drug-likeness (QED) is 0.623. The van der Waals surface area contributed by atoms with Crippen molar-refractivity contribution < 1.29 is 0 Å². The van der Waals surface area contributed by atoms with E-state index in [-0.39, 0.29) is 5.38 Å². The molecule has 1 aliphatic rings. The summed E-state index contributed by atoms with van der Waals surface area (Å²) >= 11 is 11.8. The van der Waals surface area contributed by atoms with Gasteiger partial charge in [0.15, 0.2) is 0 Å². The lowest BCUT2D eigenvalue weighted by molar-refractivity contribution is 0.336. The van der Waals surface area contributed by atoms with Crippen molar-refractivity contribution in [2.24, 2.45) is 5.92 Å². The van der Waals surface area contributed by atoms with Gasteiger partial charge in [0, 0.05) is 9.35 Å². The third kappa shape index (κ3) is 3.21. The molecule has 0 radical (unpaired) electrons. The van der Waals surface area contributed by atoms with Crippen LogP contribution in [0.25, 0.3) is 0 Å². The van der Waals surface area contributed by atoms with Gasteiger partial charge in [-0.1, -0.05) is 32.1 Å². The third-order valence-corrected chi connectivity index (χ3v) is 5.70. The summed E-state index contributed by atoms with van der Waals surface area (Å²) in [6, 6.07) is 2.09. The highest BCUT2D eigenvalue weighted by Crippen LogP contribution is 2.40. The summed E-state index contributed by atoms with van der Waals surface area (Å²) in [5.41, 5.74) is 0. The first kappa shape index (κ1) is 11.9.